The predicted molar refractivity (Wildman–Crippen MR) is 111 cm³/mol. The van der Waals surface area contributed by atoms with E-state index < -0.39 is 0 Å². The monoisotopic (exact) mass is 386 g/mol. The largest absolute Gasteiger partial charge is 0.494 e. The molecule has 1 amide bonds. The van der Waals surface area contributed by atoms with Crippen molar-refractivity contribution in [3.63, 3.8) is 0 Å². The number of carbonyl (C=O) groups is 1. The van der Waals surface area contributed by atoms with E-state index in [2.05, 4.69) is 21.2 Å². The Morgan fingerprint density at radius 1 is 1.00 bits per heavy atom. The van der Waals surface area contributed by atoms with Crippen molar-refractivity contribution in [1.82, 2.24) is 15.1 Å². The summed E-state index contributed by atoms with van der Waals surface area (Å²) >= 11 is 0. The van der Waals surface area contributed by atoms with E-state index >= 15 is 0 Å². The summed E-state index contributed by atoms with van der Waals surface area (Å²) in [5, 5.41) is 11.7. The van der Waals surface area contributed by atoms with Crippen LogP contribution in [0.4, 0.5) is 0 Å². The Balaban J connectivity index is 1.45. The first-order chi connectivity index (χ1) is 13.7. The van der Waals surface area contributed by atoms with Crippen LogP contribution in [-0.2, 0) is 4.79 Å². The lowest BCUT2D eigenvalue weighted by Gasteiger charge is -2.34. The maximum Gasteiger partial charge on any atom is 0.216 e. The number of ether oxygens (including phenoxy) is 1. The van der Waals surface area contributed by atoms with Crippen molar-refractivity contribution in [2.45, 2.75) is 39.0 Å². The average Bonchev–Trinajstić information content (AvgIpc) is 2.71. The summed E-state index contributed by atoms with van der Waals surface area (Å²) in [6.45, 7) is 9.95. The predicted octanol–water partition coefficient (Wildman–Crippen LogP) is 2.64. The van der Waals surface area contributed by atoms with Gasteiger partial charge in [0.25, 0.3) is 0 Å². The highest BCUT2D eigenvalue weighted by Gasteiger charge is 2.15. The maximum atomic E-state index is 10.8. The number of nitrogens with one attached hydrogen (secondary N) is 1. The Labute approximate surface area is 169 Å². The third kappa shape index (κ3) is 9.20. The molecule has 0 bridgehead atoms. The molecule has 1 aromatic rings. The van der Waals surface area contributed by atoms with Crippen molar-refractivity contribution < 1.29 is 9.53 Å². The molecule has 0 aliphatic carbocycles. The highest BCUT2D eigenvalue weighted by Crippen LogP contribution is 2.12. The summed E-state index contributed by atoms with van der Waals surface area (Å²) in [5.74, 6) is 0.902. The molecule has 0 unspecified atom stereocenters. The van der Waals surface area contributed by atoms with Crippen LogP contribution in [0.3, 0.4) is 0 Å². The lowest BCUT2D eigenvalue weighted by molar-refractivity contribution is -0.118. The van der Waals surface area contributed by atoms with E-state index in [0.717, 1.165) is 57.9 Å². The minimum atomic E-state index is 0.0682. The Bertz CT molecular complexity index is 604. The Hall–Kier alpha value is -2.10. The van der Waals surface area contributed by atoms with Gasteiger partial charge in [-0.2, -0.15) is 5.26 Å². The quantitative estimate of drug-likeness (QED) is 0.559. The lowest BCUT2D eigenvalue weighted by Crippen LogP contribution is -2.46. The van der Waals surface area contributed by atoms with Gasteiger partial charge < -0.3 is 19.9 Å². The molecule has 0 atom stereocenters. The van der Waals surface area contributed by atoms with Crippen molar-refractivity contribution in [3.05, 3.63) is 29.8 Å². The molecule has 0 saturated carbocycles. The zero-order chi connectivity index (χ0) is 20.0. The van der Waals surface area contributed by atoms with Crippen molar-refractivity contribution in [2.24, 2.45) is 0 Å². The highest BCUT2D eigenvalue weighted by atomic mass is 16.5. The van der Waals surface area contributed by atoms with E-state index in [1.807, 2.05) is 12.1 Å². The van der Waals surface area contributed by atoms with Crippen LogP contribution in [0.1, 0.15) is 44.6 Å². The van der Waals surface area contributed by atoms with Crippen LogP contribution in [0.15, 0.2) is 24.3 Å². The molecule has 154 valence electrons. The van der Waals surface area contributed by atoms with Gasteiger partial charge in [0.2, 0.25) is 5.91 Å². The Kier molecular flexibility index (Phi) is 10.4. The number of unbranched alkanes of at least 4 members (excludes halogenated alkanes) is 3. The second-order valence-electron chi connectivity index (χ2n) is 7.42. The number of hydrogen-bond donors (Lipinski definition) is 1. The van der Waals surface area contributed by atoms with Crippen molar-refractivity contribution >= 4 is 5.91 Å². The van der Waals surface area contributed by atoms with E-state index in [9.17, 15) is 4.79 Å². The second-order valence-corrected chi connectivity index (χ2v) is 7.42. The number of benzene rings is 1. The molecule has 6 nitrogen and oxygen atoms in total. The van der Waals surface area contributed by atoms with E-state index in [0.29, 0.717) is 12.2 Å². The van der Waals surface area contributed by atoms with Crippen molar-refractivity contribution in [1.29, 1.82) is 5.26 Å². The van der Waals surface area contributed by atoms with Gasteiger partial charge in [-0.15, -0.1) is 0 Å². The summed E-state index contributed by atoms with van der Waals surface area (Å²) < 4.78 is 5.75. The van der Waals surface area contributed by atoms with Gasteiger partial charge in [-0.3, -0.25) is 4.79 Å². The molecule has 1 aliphatic heterocycles. The number of rotatable bonds is 12. The van der Waals surface area contributed by atoms with Gasteiger partial charge in [0.1, 0.15) is 5.75 Å². The minimum Gasteiger partial charge on any atom is -0.494 e. The molecule has 1 saturated heterocycles. The molecule has 0 radical (unpaired) electrons. The Morgan fingerprint density at radius 3 is 2.21 bits per heavy atom. The number of carbonyl (C=O) groups excluding carboxylic acids is 1. The van der Waals surface area contributed by atoms with Gasteiger partial charge in [-0.25, -0.2) is 0 Å². The average molecular weight is 387 g/mol. The maximum absolute atomic E-state index is 10.8. The molecular formula is C22H34N4O2. The summed E-state index contributed by atoms with van der Waals surface area (Å²) in [4.78, 5) is 15.9. The first-order valence-electron chi connectivity index (χ1n) is 10.5. The molecule has 28 heavy (non-hydrogen) atoms. The molecule has 6 heteroatoms. The van der Waals surface area contributed by atoms with Gasteiger partial charge in [0.15, 0.2) is 0 Å². The van der Waals surface area contributed by atoms with Crippen molar-refractivity contribution in [2.75, 3.05) is 52.4 Å². The fraction of sp³-hybridized carbons (Fsp3) is 0.636. The molecule has 1 aromatic carbocycles. The van der Waals surface area contributed by atoms with Gasteiger partial charge in [-0.05, 0) is 50.1 Å². The normalized spacial score (nSPS) is 15.1. The summed E-state index contributed by atoms with van der Waals surface area (Å²) in [6.07, 6.45) is 5.79. The molecule has 0 spiro atoms. The first kappa shape index (κ1) is 22.2. The first-order valence-corrected chi connectivity index (χ1v) is 10.5. The van der Waals surface area contributed by atoms with E-state index in [-0.39, 0.29) is 5.91 Å². The standard InChI is InChI=1S/C22H34N4O2/c1-20(27)24-11-4-2-3-5-12-25-14-16-26(17-15-25)13-6-18-28-22-9-7-21(19-23)8-10-22/h7-10H,2-6,11-18H2,1H3,(H,24,27). The number of piperazine rings is 1. The smallest absolute Gasteiger partial charge is 0.216 e. The topological polar surface area (TPSA) is 68.6 Å². The van der Waals surface area contributed by atoms with Crippen LogP contribution in [-0.4, -0.2) is 68.1 Å². The molecular weight excluding hydrogens is 352 g/mol. The number of nitriles is 1. The van der Waals surface area contributed by atoms with Crippen LogP contribution >= 0.6 is 0 Å². The molecule has 1 fully saturated rings. The van der Waals surface area contributed by atoms with Gasteiger partial charge >= 0.3 is 0 Å². The van der Waals surface area contributed by atoms with Gasteiger partial charge in [-0.1, -0.05) is 12.8 Å². The van der Waals surface area contributed by atoms with Crippen LogP contribution in [0.25, 0.3) is 0 Å². The zero-order valence-corrected chi connectivity index (χ0v) is 17.2. The highest BCUT2D eigenvalue weighted by molar-refractivity contribution is 5.72. The SMILES string of the molecule is CC(=O)NCCCCCCN1CCN(CCCOc2ccc(C#N)cc2)CC1. The van der Waals surface area contributed by atoms with Gasteiger partial charge in [0.05, 0.1) is 18.2 Å². The zero-order valence-electron chi connectivity index (χ0n) is 17.2. The van der Waals surface area contributed by atoms with E-state index in [4.69, 9.17) is 10.00 Å². The molecule has 1 N–H and O–H groups in total. The molecule has 1 heterocycles. The van der Waals surface area contributed by atoms with Crippen LogP contribution in [0, 0.1) is 11.3 Å². The second kappa shape index (κ2) is 13.1. The van der Waals surface area contributed by atoms with Crippen molar-refractivity contribution in [3.8, 4) is 11.8 Å². The molecule has 1 aliphatic rings. The third-order valence-electron chi connectivity index (χ3n) is 5.11. The molecule has 0 aromatic heterocycles. The summed E-state index contributed by atoms with van der Waals surface area (Å²) in [6, 6.07) is 9.41. The minimum absolute atomic E-state index is 0.0682. The Morgan fingerprint density at radius 2 is 1.61 bits per heavy atom. The third-order valence-corrected chi connectivity index (χ3v) is 5.11. The number of hydrogen-bond acceptors (Lipinski definition) is 5. The van der Waals surface area contributed by atoms with Crippen LogP contribution < -0.4 is 10.1 Å². The summed E-state index contributed by atoms with van der Waals surface area (Å²) in [7, 11) is 0. The molecule has 2 rings (SSSR count). The number of nitrogens with zero attached hydrogens (tertiary/aromatic N) is 3. The fourth-order valence-electron chi connectivity index (χ4n) is 3.42. The fourth-order valence-corrected chi connectivity index (χ4v) is 3.42. The van der Waals surface area contributed by atoms with Gasteiger partial charge in [0, 0.05) is 46.2 Å². The van der Waals surface area contributed by atoms with Crippen LogP contribution in [0.5, 0.6) is 5.75 Å². The number of amides is 1. The van der Waals surface area contributed by atoms with E-state index in [1.54, 1.807) is 19.1 Å². The lowest BCUT2D eigenvalue weighted by atomic mass is 10.1. The van der Waals surface area contributed by atoms with E-state index in [1.165, 1.54) is 25.8 Å². The summed E-state index contributed by atoms with van der Waals surface area (Å²) in [5.41, 5.74) is 0.662. The van der Waals surface area contributed by atoms with Crippen LogP contribution in [0.2, 0.25) is 0 Å².